The molecule has 11 heavy (non-hydrogen) atoms. The van der Waals surface area contributed by atoms with E-state index >= 15 is 0 Å². The molecule has 1 rings (SSSR count). The molecule has 62 valence electrons. The minimum absolute atomic E-state index is 0.103. The van der Waals surface area contributed by atoms with Gasteiger partial charge in [0.2, 0.25) is 0 Å². The van der Waals surface area contributed by atoms with Crippen LogP contribution in [0.5, 0.6) is 0 Å². The number of hydrogen-bond acceptors (Lipinski definition) is 1. The second kappa shape index (κ2) is 5.71. The lowest BCUT2D eigenvalue weighted by Crippen LogP contribution is -1.85. The van der Waals surface area contributed by atoms with Gasteiger partial charge in [-0.2, -0.15) is 0 Å². The zero-order valence-electron chi connectivity index (χ0n) is 7.35. The van der Waals surface area contributed by atoms with E-state index in [1.54, 1.807) is 25.4 Å². The van der Waals surface area contributed by atoms with E-state index in [0.717, 1.165) is 5.56 Å². The fourth-order valence-electron chi connectivity index (χ4n) is 0.543. The average molecular weight is 153 g/mol. The highest BCUT2D eigenvalue weighted by molar-refractivity contribution is 5.93. The van der Waals surface area contributed by atoms with Crippen molar-refractivity contribution in [3.8, 4) is 0 Å². The summed E-state index contributed by atoms with van der Waals surface area (Å²) >= 11 is 0. The molecule has 0 amide bonds. The normalized spacial score (nSPS) is 8.27. The number of carbonyl (C=O) groups excluding carboxylic acids is 1. The van der Waals surface area contributed by atoms with Crippen molar-refractivity contribution < 1.29 is 4.79 Å². The summed E-state index contributed by atoms with van der Waals surface area (Å²) < 4.78 is 0. The highest BCUT2D eigenvalue weighted by atomic mass is 16.1. The zero-order valence-corrected chi connectivity index (χ0v) is 7.35. The van der Waals surface area contributed by atoms with Gasteiger partial charge in [0.1, 0.15) is 0 Å². The van der Waals surface area contributed by atoms with E-state index < -0.39 is 0 Å². The molecule has 0 aliphatic heterocycles. The molecule has 1 N–H and O–H groups in total. The predicted molar refractivity (Wildman–Crippen MR) is 46.8 cm³/mol. The third-order valence-corrected chi connectivity index (χ3v) is 1.00. The summed E-state index contributed by atoms with van der Waals surface area (Å²) in [6.07, 6.45) is 4.67. The van der Waals surface area contributed by atoms with Gasteiger partial charge in [0.25, 0.3) is 0 Å². The largest absolute Gasteiger partial charge is 0.367 e. The van der Waals surface area contributed by atoms with E-state index in [1.165, 1.54) is 6.42 Å². The number of carbonyl (C=O) groups is 1. The molecule has 0 radical (unpaired) electrons. The first kappa shape index (κ1) is 9.95. The van der Waals surface area contributed by atoms with Crippen molar-refractivity contribution in [2.75, 3.05) is 0 Å². The van der Waals surface area contributed by atoms with Gasteiger partial charge in [-0.3, -0.25) is 4.79 Å². The smallest absolute Gasteiger partial charge is 0.161 e. The third-order valence-electron chi connectivity index (χ3n) is 1.00. The minimum atomic E-state index is 0.103. The van der Waals surface area contributed by atoms with E-state index in [1.807, 2.05) is 0 Å². The van der Waals surface area contributed by atoms with E-state index in [2.05, 4.69) is 18.8 Å². The van der Waals surface area contributed by atoms with Crippen molar-refractivity contribution in [3.05, 3.63) is 24.0 Å². The monoisotopic (exact) mass is 153 g/mol. The van der Waals surface area contributed by atoms with Gasteiger partial charge in [-0.15, -0.1) is 0 Å². The van der Waals surface area contributed by atoms with Gasteiger partial charge in [-0.1, -0.05) is 20.3 Å². The second-order valence-corrected chi connectivity index (χ2v) is 2.36. The number of hydrogen-bond donors (Lipinski definition) is 1. The van der Waals surface area contributed by atoms with Crippen molar-refractivity contribution in [3.63, 3.8) is 0 Å². The molecule has 0 bridgehead atoms. The third kappa shape index (κ3) is 4.37. The zero-order chi connectivity index (χ0) is 8.69. The molecule has 2 nitrogen and oxygen atoms in total. The van der Waals surface area contributed by atoms with Crippen LogP contribution in [0.4, 0.5) is 0 Å². The van der Waals surface area contributed by atoms with Gasteiger partial charge in [0.15, 0.2) is 5.78 Å². The lowest BCUT2D eigenvalue weighted by Gasteiger charge is -1.79. The topological polar surface area (TPSA) is 32.9 Å². The Morgan fingerprint density at radius 1 is 1.55 bits per heavy atom. The van der Waals surface area contributed by atoms with Crippen molar-refractivity contribution in [1.82, 2.24) is 4.98 Å². The van der Waals surface area contributed by atoms with Crippen LogP contribution < -0.4 is 0 Å². The summed E-state index contributed by atoms with van der Waals surface area (Å²) in [4.78, 5) is 13.3. The van der Waals surface area contributed by atoms with Crippen LogP contribution in [-0.4, -0.2) is 10.8 Å². The van der Waals surface area contributed by atoms with Crippen molar-refractivity contribution >= 4 is 5.78 Å². The lowest BCUT2D eigenvalue weighted by molar-refractivity contribution is 0.101. The molecule has 1 aromatic rings. The van der Waals surface area contributed by atoms with Crippen molar-refractivity contribution in [2.24, 2.45) is 0 Å². The molecule has 2 heteroatoms. The molecule has 0 aliphatic rings. The van der Waals surface area contributed by atoms with Crippen LogP contribution in [0, 0.1) is 0 Å². The summed E-state index contributed by atoms with van der Waals surface area (Å²) in [6, 6.07) is 1.75. The van der Waals surface area contributed by atoms with Gasteiger partial charge in [-0.25, -0.2) is 0 Å². The molecule has 0 fully saturated rings. The van der Waals surface area contributed by atoms with Crippen LogP contribution in [0.15, 0.2) is 18.5 Å². The maximum atomic E-state index is 10.5. The number of rotatable bonds is 1. The molecular weight excluding hydrogens is 138 g/mol. The first-order valence-electron chi connectivity index (χ1n) is 3.86. The summed E-state index contributed by atoms with van der Waals surface area (Å²) in [5, 5.41) is 0. The Bertz CT molecular complexity index is 189. The fourth-order valence-corrected chi connectivity index (χ4v) is 0.543. The molecule has 0 unspecified atom stereocenters. The Kier molecular flexibility index (Phi) is 5.17. The molecular formula is C9H15NO. The summed E-state index contributed by atoms with van der Waals surface area (Å²) in [6.45, 7) is 5.79. The van der Waals surface area contributed by atoms with Gasteiger partial charge >= 0.3 is 0 Å². The molecule has 1 heterocycles. The maximum absolute atomic E-state index is 10.5. The van der Waals surface area contributed by atoms with Gasteiger partial charge in [0.05, 0.1) is 0 Å². The second-order valence-electron chi connectivity index (χ2n) is 2.36. The Morgan fingerprint density at radius 3 is 2.27 bits per heavy atom. The molecule has 0 saturated heterocycles. The Balaban J connectivity index is 0.000000292. The number of Topliss-reactive ketones (excluding diaryl/α,β-unsaturated/α-hetero) is 1. The quantitative estimate of drug-likeness (QED) is 0.618. The molecule has 0 aliphatic carbocycles. The van der Waals surface area contributed by atoms with E-state index in [-0.39, 0.29) is 5.78 Å². The highest BCUT2D eigenvalue weighted by Crippen LogP contribution is 1.95. The number of aromatic nitrogens is 1. The number of H-pyrrole nitrogens is 1. The van der Waals surface area contributed by atoms with E-state index in [0.29, 0.717) is 0 Å². The Labute approximate surface area is 67.6 Å². The van der Waals surface area contributed by atoms with Gasteiger partial charge in [0, 0.05) is 18.0 Å². The van der Waals surface area contributed by atoms with Crippen LogP contribution in [0.1, 0.15) is 37.6 Å². The van der Waals surface area contributed by atoms with Crippen LogP contribution in [0.25, 0.3) is 0 Å². The highest BCUT2D eigenvalue weighted by Gasteiger charge is 1.94. The van der Waals surface area contributed by atoms with Crippen molar-refractivity contribution in [2.45, 2.75) is 27.2 Å². The SMILES string of the molecule is CC(=O)c1cc[nH]c1.CCC. The predicted octanol–water partition coefficient (Wildman–Crippen LogP) is 2.63. The van der Waals surface area contributed by atoms with E-state index in [9.17, 15) is 4.79 Å². The van der Waals surface area contributed by atoms with E-state index in [4.69, 9.17) is 0 Å². The van der Waals surface area contributed by atoms with Crippen LogP contribution in [0.3, 0.4) is 0 Å². The average Bonchev–Trinajstić information content (AvgIpc) is 2.38. The lowest BCUT2D eigenvalue weighted by atomic mass is 10.2. The Morgan fingerprint density at radius 2 is 2.09 bits per heavy atom. The Hall–Kier alpha value is -1.05. The number of ketones is 1. The number of aromatic amines is 1. The summed E-state index contributed by atoms with van der Waals surface area (Å²) in [5.41, 5.74) is 0.741. The molecule has 0 spiro atoms. The van der Waals surface area contributed by atoms with Crippen LogP contribution >= 0.6 is 0 Å². The van der Waals surface area contributed by atoms with Crippen LogP contribution in [0.2, 0.25) is 0 Å². The molecule has 0 atom stereocenters. The first-order valence-corrected chi connectivity index (χ1v) is 3.86. The first-order chi connectivity index (χ1) is 5.22. The molecule has 0 saturated carbocycles. The van der Waals surface area contributed by atoms with Gasteiger partial charge in [-0.05, 0) is 13.0 Å². The van der Waals surface area contributed by atoms with Gasteiger partial charge < -0.3 is 4.98 Å². The standard InChI is InChI=1S/C6H7NO.C3H8/c1-5(8)6-2-3-7-4-6;1-3-2/h2-4,7H,1H3;3H2,1-2H3. The summed E-state index contributed by atoms with van der Waals surface area (Å²) in [5.74, 6) is 0.103. The van der Waals surface area contributed by atoms with Crippen molar-refractivity contribution in [1.29, 1.82) is 0 Å². The van der Waals surface area contributed by atoms with Crippen LogP contribution in [-0.2, 0) is 0 Å². The minimum Gasteiger partial charge on any atom is -0.367 e. The number of nitrogens with one attached hydrogen (secondary N) is 1. The molecule has 1 aromatic heterocycles. The summed E-state index contributed by atoms with van der Waals surface area (Å²) in [7, 11) is 0. The molecule has 0 aromatic carbocycles. The maximum Gasteiger partial charge on any atom is 0.161 e. The fraction of sp³-hybridized carbons (Fsp3) is 0.444.